The predicted octanol–water partition coefficient (Wildman–Crippen LogP) is 4.44. The number of ether oxygens (including phenoxy) is 1. The normalized spacial score (nSPS) is 18.9. The van der Waals surface area contributed by atoms with Crippen LogP contribution in [0.5, 0.6) is 5.75 Å². The largest absolute Gasteiger partial charge is 0.487 e. The van der Waals surface area contributed by atoms with E-state index in [0.29, 0.717) is 43.4 Å². The molecule has 5 rings (SSSR count). The van der Waals surface area contributed by atoms with Crippen LogP contribution in [0.4, 0.5) is 22.1 Å². The highest BCUT2D eigenvalue weighted by Crippen LogP contribution is 2.37. The van der Waals surface area contributed by atoms with Crippen molar-refractivity contribution in [2.45, 2.75) is 32.8 Å². The lowest BCUT2D eigenvalue weighted by atomic mass is 10.1. The van der Waals surface area contributed by atoms with E-state index in [1.165, 1.54) is 0 Å². The molecule has 0 aliphatic carbocycles. The van der Waals surface area contributed by atoms with E-state index >= 15 is 0 Å². The van der Waals surface area contributed by atoms with E-state index < -0.39 is 5.97 Å². The number of benzene rings is 2. The molecule has 0 spiro atoms. The van der Waals surface area contributed by atoms with Crippen molar-refractivity contribution in [3.63, 3.8) is 0 Å². The number of carbonyl (C=O) groups excluding carboxylic acids is 1. The third-order valence-corrected chi connectivity index (χ3v) is 6.70. The summed E-state index contributed by atoms with van der Waals surface area (Å²) in [7, 11) is 0. The SMILES string of the molecule is CCc1ccccc1NC(=O)N1CC(C)Oc2cc(-c3cnc(N4CCC(C(=O)O)C4)nc3)ccc21. The molecule has 9 heteroatoms. The molecule has 2 N–H and O–H groups in total. The Kier molecular flexibility index (Phi) is 6.45. The highest BCUT2D eigenvalue weighted by atomic mass is 16.5. The van der Waals surface area contributed by atoms with E-state index in [1.807, 2.05) is 54.3 Å². The van der Waals surface area contributed by atoms with E-state index in [1.54, 1.807) is 17.3 Å². The van der Waals surface area contributed by atoms with Gasteiger partial charge < -0.3 is 20.1 Å². The smallest absolute Gasteiger partial charge is 0.326 e. The van der Waals surface area contributed by atoms with Gasteiger partial charge >= 0.3 is 12.0 Å². The van der Waals surface area contributed by atoms with Gasteiger partial charge in [-0.1, -0.05) is 31.2 Å². The molecule has 2 amide bonds. The fraction of sp³-hybridized carbons (Fsp3) is 0.333. The maximum atomic E-state index is 13.2. The number of carboxylic acid groups (broad SMARTS) is 1. The summed E-state index contributed by atoms with van der Waals surface area (Å²) in [6.45, 7) is 5.49. The number of aliphatic carboxylic acids is 1. The minimum Gasteiger partial charge on any atom is -0.487 e. The monoisotopic (exact) mass is 487 g/mol. The lowest BCUT2D eigenvalue weighted by molar-refractivity contribution is -0.140. The van der Waals surface area contributed by atoms with Crippen LogP contribution in [0.15, 0.2) is 54.9 Å². The van der Waals surface area contributed by atoms with Crippen LogP contribution in [-0.4, -0.2) is 52.8 Å². The number of urea groups is 1. The molecule has 2 aliphatic rings. The first-order valence-corrected chi connectivity index (χ1v) is 12.2. The molecule has 3 aromatic rings. The van der Waals surface area contributed by atoms with Gasteiger partial charge in [0, 0.05) is 36.7 Å². The van der Waals surface area contributed by atoms with E-state index in [9.17, 15) is 14.7 Å². The molecule has 3 heterocycles. The van der Waals surface area contributed by atoms with Crippen molar-refractivity contribution in [2.24, 2.45) is 5.92 Å². The molecule has 9 nitrogen and oxygen atoms in total. The predicted molar refractivity (Wildman–Crippen MR) is 138 cm³/mol. The first-order valence-electron chi connectivity index (χ1n) is 12.2. The summed E-state index contributed by atoms with van der Waals surface area (Å²) in [5.41, 5.74) is 4.28. The third-order valence-electron chi connectivity index (χ3n) is 6.70. The van der Waals surface area contributed by atoms with Gasteiger partial charge in [0.25, 0.3) is 0 Å². The Bertz CT molecular complexity index is 1280. The Morgan fingerprint density at radius 1 is 1.11 bits per heavy atom. The quantitative estimate of drug-likeness (QED) is 0.548. The molecule has 186 valence electrons. The average molecular weight is 488 g/mol. The van der Waals surface area contributed by atoms with Crippen LogP contribution in [0.25, 0.3) is 11.1 Å². The maximum Gasteiger partial charge on any atom is 0.326 e. The number of nitrogens with one attached hydrogen (secondary N) is 1. The number of carboxylic acids is 1. The van der Waals surface area contributed by atoms with Crippen molar-refractivity contribution >= 4 is 29.3 Å². The second kappa shape index (κ2) is 9.85. The number of amides is 2. The zero-order chi connectivity index (χ0) is 25.2. The summed E-state index contributed by atoms with van der Waals surface area (Å²) < 4.78 is 6.08. The van der Waals surface area contributed by atoms with Crippen molar-refractivity contribution in [2.75, 3.05) is 34.8 Å². The summed E-state index contributed by atoms with van der Waals surface area (Å²) in [4.78, 5) is 37.0. The van der Waals surface area contributed by atoms with Gasteiger partial charge in [-0.3, -0.25) is 9.69 Å². The van der Waals surface area contributed by atoms with Crippen LogP contribution in [0.1, 0.15) is 25.8 Å². The molecular weight excluding hydrogens is 458 g/mol. The van der Waals surface area contributed by atoms with Gasteiger partial charge in [-0.15, -0.1) is 0 Å². The Morgan fingerprint density at radius 2 is 1.89 bits per heavy atom. The van der Waals surface area contributed by atoms with Crippen LogP contribution >= 0.6 is 0 Å². The standard InChI is InChI=1S/C27H29N5O4/c1-3-18-6-4-5-7-22(18)30-27(35)32-15-17(2)36-24-12-19(8-9-23(24)32)21-13-28-26(29-14-21)31-11-10-20(16-31)25(33)34/h4-9,12-14,17,20H,3,10-11,15-16H2,1-2H3,(H,30,35)(H,33,34). The molecule has 0 radical (unpaired) electrons. The third kappa shape index (κ3) is 4.68. The van der Waals surface area contributed by atoms with Crippen LogP contribution in [0, 0.1) is 5.92 Å². The van der Waals surface area contributed by atoms with Crippen LogP contribution < -0.4 is 19.9 Å². The number of fused-ring (bicyclic) bond motifs is 1. The van der Waals surface area contributed by atoms with E-state index in [4.69, 9.17) is 4.74 Å². The molecule has 1 fully saturated rings. The summed E-state index contributed by atoms with van der Waals surface area (Å²) in [6, 6.07) is 13.3. The molecular formula is C27H29N5O4. The van der Waals surface area contributed by atoms with Crippen molar-refractivity contribution in [3.05, 3.63) is 60.4 Å². The van der Waals surface area contributed by atoms with Gasteiger partial charge in [0.1, 0.15) is 11.9 Å². The molecule has 1 saturated heterocycles. The van der Waals surface area contributed by atoms with Gasteiger partial charge in [0.05, 0.1) is 18.2 Å². The lowest BCUT2D eigenvalue weighted by Gasteiger charge is -2.34. The summed E-state index contributed by atoms with van der Waals surface area (Å²) in [5, 5.41) is 12.3. The minimum atomic E-state index is -0.783. The number of aromatic nitrogens is 2. The lowest BCUT2D eigenvalue weighted by Crippen LogP contribution is -2.44. The Balaban J connectivity index is 1.35. The Hall–Kier alpha value is -4.14. The second-order valence-corrected chi connectivity index (χ2v) is 9.20. The fourth-order valence-electron chi connectivity index (χ4n) is 4.72. The van der Waals surface area contributed by atoms with Gasteiger partial charge in [0.2, 0.25) is 5.95 Å². The number of anilines is 3. The van der Waals surface area contributed by atoms with Crippen molar-refractivity contribution in [3.8, 4) is 16.9 Å². The zero-order valence-corrected chi connectivity index (χ0v) is 20.3. The van der Waals surface area contributed by atoms with E-state index in [0.717, 1.165) is 28.8 Å². The van der Waals surface area contributed by atoms with Crippen LogP contribution in [-0.2, 0) is 11.2 Å². The molecule has 0 saturated carbocycles. The van der Waals surface area contributed by atoms with E-state index in [-0.39, 0.29) is 18.1 Å². The van der Waals surface area contributed by atoms with E-state index in [2.05, 4.69) is 22.2 Å². The number of nitrogens with zero attached hydrogens (tertiary/aromatic N) is 4. The van der Waals surface area contributed by atoms with Crippen molar-refractivity contribution < 1.29 is 19.4 Å². The van der Waals surface area contributed by atoms with Crippen LogP contribution in [0.2, 0.25) is 0 Å². The molecule has 0 bridgehead atoms. The Morgan fingerprint density at radius 3 is 2.61 bits per heavy atom. The van der Waals surface area contributed by atoms with Gasteiger partial charge in [0.15, 0.2) is 0 Å². The van der Waals surface area contributed by atoms with Gasteiger partial charge in [-0.05, 0) is 49.1 Å². The highest BCUT2D eigenvalue weighted by Gasteiger charge is 2.30. The number of aryl methyl sites for hydroxylation is 1. The van der Waals surface area contributed by atoms with Crippen molar-refractivity contribution in [1.82, 2.24) is 9.97 Å². The van der Waals surface area contributed by atoms with Crippen molar-refractivity contribution in [1.29, 1.82) is 0 Å². The molecule has 2 aromatic carbocycles. The second-order valence-electron chi connectivity index (χ2n) is 9.20. The molecule has 2 unspecified atom stereocenters. The molecule has 36 heavy (non-hydrogen) atoms. The number of rotatable bonds is 5. The zero-order valence-electron chi connectivity index (χ0n) is 20.3. The fourth-order valence-corrected chi connectivity index (χ4v) is 4.72. The number of carbonyl (C=O) groups is 2. The first-order chi connectivity index (χ1) is 17.4. The number of para-hydroxylation sites is 1. The highest BCUT2D eigenvalue weighted by molar-refractivity contribution is 6.03. The summed E-state index contributed by atoms with van der Waals surface area (Å²) >= 11 is 0. The Labute approximate surface area is 209 Å². The van der Waals surface area contributed by atoms with Gasteiger partial charge in [-0.2, -0.15) is 0 Å². The average Bonchev–Trinajstić information content (AvgIpc) is 3.39. The summed E-state index contributed by atoms with van der Waals surface area (Å²) in [6.07, 6.45) is 4.72. The first kappa shape index (κ1) is 23.6. The number of hydrogen-bond acceptors (Lipinski definition) is 6. The topological polar surface area (TPSA) is 108 Å². The summed E-state index contributed by atoms with van der Waals surface area (Å²) in [5.74, 6) is -0.0167. The minimum absolute atomic E-state index is 0.170. The molecule has 2 atom stereocenters. The number of hydrogen-bond donors (Lipinski definition) is 2. The molecule has 2 aliphatic heterocycles. The maximum absolute atomic E-state index is 13.2. The van der Waals surface area contributed by atoms with Crippen LogP contribution in [0.3, 0.4) is 0 Å². The van der Waals surface area contributed by atoms with Gasteiger partial charge in [-0.25, -0.2) is 14.8 Å². The molecule has 1 aromatic heterocycles.